The van der Waals surface area contributed by atoms with E-state index in [1.807, 2.05) is 0 Å². The molecule has 4 rings (SSSR count). The SMILES string of the molecule is CCCC1CCCC1COC(=O)c1c(N)c(C)cc(N)c1OC(=O)C(=O)Oc1c(N)cc(N)c(N)c1C(=O)OCC1CCCC1CCC. The fourth-order valence-electron chi connectivity index (χ4n) is 7.13. The van der Waals surface area contributed by atoms with Gasteiger partial charge in [0.2, 0.25) is 0 Å². The Morgan fingerprint density at radius 1 is 0.625 bits per heavy atom. The molecule has 2 aromatic carbocycles. The molecule has 0 heterocycles. The number of ether oxygens (including phenoxy) is 4. The molecule has 0 aliphatic heterocycles. The number of nitrogen functional groups attached to an aromatic ring is 5. The van der Waals surface area contributed by atoms with Crippen molar-refractivity contribution in [2.75, 3.05) is 41.9 Å². The summed E-state index contributed by atoms with van der Waals surface area (Å²) in [7, 11) is 0. The number of benzene rings is 2. The Hall–Kier alpha value is -4.68. The van der Waals surface area contributed by atoms with Gasteiger partial charge in [0.05, 0.1) is 41.7 Å². The van der Waals surface area contributed by atoms with Crippen molar-refractivity contribution in [2.24, 2.45) is 23.7 Å². The van der Waals surface area contributed by atoms with Crippen LogP contribution in [0.3, 0.4) is 0 Å². The molecule has 10 N–H and O–H groups in total. The molecule has 0 aromatic heterocycles. The summed E-state index contributed by atoms with van der Waals surface area (Å²) in [5.74, 6) is -4.60. The van der Waals surface area contributed by atoms with E-state index in [2.05, 4.69) is 13.8 Å². The van der Waals surface area contributed by atoms with Crippen LogP contribution in [0.4, 0.5) is 28.4 Å². The summed E-state index contributed by atoms with van der Waals surface area (Å²) in [5, 5.41) is 0. The number of carbonyl (C=O) groups is 4. The van der Waals surface area contributed by atoms with Crippen LogP contribution in [0.25, 0.3) is 0 Å². The maximum absolute atomic E-state index is 13.3. The summed E-state index contributed by atoms with van der Waals surface area (Å²) in [6.45, 7) is 6.16. The Labute approximate surface area is 281 Å². The second-order valence-corrected chi connectivity index (χ2v) is 13.0. The third-order valence-electron chi connectivity index (χ3n) is 9.71. The van der Waals surface area contributed by atoms with Gasteiger partial charge in [0.25, 0.3) is 0 Å². The van der Waals surface area contributed by atoms with E-state index in [1.165, 1.54) is 12.1 Å². The highest BCUT2D eigenvalue weighted by molar-refractivity contribution is 6.31. The van der Waals surface area contributed by atoms with Crippen LogP contribution in [0.1, 0.15) is 104 Å². The minimum absolute atomic E-state index is 0.0223. The summed E-state index contributed by atoms with van der Waals surface area (Å²) >= 11 is 0. The molecule has 48 heavy (non-hydrogen) atoms. The van der Waals surface area contributed by atoms with Crippen LogP contribution in [-0.2, 0) is 19.1 Å². The van der Waals surface area contributed by atoms with Crippen LogP contribution in [0, 0.1) is 30.6 Å². The number of nitrogens with two attached hydrogens (primary N) is 5. The van der Waals surface area contributed by atoms with Crippen molar-refractivity contribution in [1.82, 2.24) is 0 Å². The molecule has 13 heteroatoms. The first-order chi connectivity index (χ1) is 22.9. The van der Waals surface area contributed by atoms with Crippen LogP contribution < -0.4 is 38.1 Å². The lowest BCUT2D eigenvalue weighted by Gasteiger charge is -2.21. The average molecular weight is 668 g/mol. The van der Waals surface area contributed by atoms with Gasteiger partial charge in [0.15, 0.2) is 11.5 Å². The average Bonchev–Trinajstić information content (AvgIpc) is 3.69. The van der Waals surface area contributed by atoms with Gasteiger partial charge in [-0.25, -0.2) is 19.2 Å². The van der Waals surface area contributed by atoms with Gasteiger partial charge in [0.1, 0.15) is 11.1 Å². The molecule has 13 nitrogen and oxygen atoms in total. The van der Waals surface area contributed by atoms with Crippen LogP contribution in [0.15, 0.2) is 12.1 Å². The van der Waals surface area contributed by atoms with Gasteiger partial charge in [-0.1, -0.05) is 65.2 Å². The summed E-state index contributed by atoms with van der Waals surface area (Å²) in [6.07, 6.45) is 10.2. The Bertz CT molecular complexity index is 1430. The molecule has 2 fully saturated rings. The van der Waals surface area contributed by atoms with Crippen molar-refractivity contribution in [3.05, 3.63) is 28.8 Å². The van der Waals surface area contributed by atoms with E-state index in [4.69, 9.17) is 47.6 Å². The van der Waals surface area contributed by atoms with E-state index in [1.54, 1.807) is 6.92 Å². The predicted molar refractivity (Wildman–Crippen MR) is 183 cm³/mol. The molecule has 0 bridgehead atoms. The third kappa shape index (κ3) is 8.06. The maximum Gasteiger partial charge on any atom is 0.423 e. The quantitative estimate of drug-likeness (QED) is 0.0852. The monoisotopic (exact) mass is 667 g/mol. The Morgan fingerprint density at radius 2 is 1.04 bits per heavy atom. The normalized spacial score (nSPS) is 20.3. The van der Waals surface area contributed by atoms with Crippen molar-refractivity contribution in [3.8, 4) is 11.5 Å². The van der Waals surface area contributed by atoms with Crippen molar-refractivity contribution >= 4 is 52.3 Å². The number of esters is 4. The standard InChI is InChI=1S/C35H49N5O8/c1-4-8-19-10-6-12-21(19)16-45-32(41)26-28(39)18(3)14-24(37)30(26)47-34(43)35(44)48-31-25(38)15-23(36)29(40)27(31)33(42)46-17-22-13-7-11-20(22)9-5-2/h14-15,19-22H,4-13,16-17,36-40H2,1-3H3. The number of carbonyl (C=O) groups excluding carboxylic acids is 4. The minimum atomic E-state index is -1.58. The van der Waals surface area contributed by atoms with Crippen LogP contribution in [-0.4, -0.2) is 37.1 Å². The number of rotatable bonds is 12. The molecule has 0 radical (unpaired) electrons. The predicted octanol–water partition coefficient (Wildman–Crippen LogP) is 5.16. The summed E-state index contributed by atoms with van der Waals surface area (Å²) in [6, 6.07) is 2.59. The molecule has 2 aliphatic carbocycles. The third-order valence-corrected chi connectivity index (χ3v) is 9.71. The van der Waals surface area contributed by atoms with E-state index in [9.17, 15) is 19.2 Å². The van der Waals surface area contributed by atoms with E-state index in [0.29, 0.717) is 17.4 Å². The fourth-order valence-corrected chi connectivity index (χ4v) is 7.13. The number of anilines is 5. The van der Waals surface area contributed by atoms with E-state index in [-0.39, 0.29) is 59.0 Å². The molecule has 4 atom stereocenters. The fraction of sp³-hybridized carbons (Fsp3) is 0.543. The zero-order valence-electron chi connectivity index (χ0n) is 28.1. The number of hydrogen-bond donors (Lipinski definition) is 5. The molecule has 2 saturated carbocycles. The second kappa shape index (κ2) is 15.9. The van der Waals surface area contributed by atoms with Gasteiger partial charge in [-0.05, 0) is 61.1 Å². The molecular weight excluding hydrogens is 618 g/mol. The lowest BCUT2D eigenvalue weighted by atomic mass is 9.92. The molecular formula is C35H49N5O8. The minimum Gasteiger partial charge on any atom is -0.462 e. The van der Waals surface area contributed by atoms with Crippen molar-refractivity contribution in [1.29, 1.82) is 0 Å². The zero-order valence-corrected chi connectivity index (χ0v) is 28.1. The molecule has 0 saturated heterocycles. The Balaban J connectivity index is 1.52. The zero-order chi connectivity index (χ0) is 35.1. The first kappa shape index (κ1) is 36.2. The van der Waals surface area contributed by atoms with Gasteiger partial charge < -0.3 is 47.6 Å². The van der Waals surface area contributed by atoms with E-state index < -0.39 is 40.9 Å². The molecule has 2 aromatic rings. The van der Waals surface area contributed by atoms with Crippen LogP contribution >= 0.6 is 0 Å². The van der Waals surface area contributed by atoms with Crippen molar-refractivity contribution < 1.29 is 38.1 Å². The molecule has 4 unspecified atom stereocenters. The van der Waals surface area contributed by atoms with Gasteiger partial charge in [-0.15, -0.1) is 0 Å². The molecule has 262 valence electrons. The Morgan fingerprint density at radius 3 is 1.50 bits per heavy atom. The molecule has 0 amide bonds. The summed E-state index contributed by atoms with van der Waals surface area (Å²) in [4.78, 5) is 52.8. The van der Waals surface area contributed by atoms with Crippen molar-refractivity contribution in [3.63, 3.8) is 0 Å². The van der Waals surface area contributed by atoms with Crippen molar-refractivity contribution in [2.45, 2.75) is 85.0 Å². The highest BCUT2D eigenvalue weighted by atomic mass is 16.6. The van der Waals surface area contributed by atoms with Crippen LogP contribution in [0.2, 0.25) is 0 Å². The lowest BCUT2D eigenvalue weighted by Crippen LogP contribution is -2.29. The summed E-state index contributed by atoms with van der Waals surface area (Å²) in [5.41, 5.74) is 29.6. The van der Waals surface area contributed by atoms with Gasteiger partial charge in [-0.3, -0.25) is 0 Å². The molecule has 0 spiro atoms. The largest absolute Gasteiger partial charge is 0.462 e. The van der Waals surface area contributed by atoms with Gasteiger partial charge >= 0.3 is 23.9 Å². The maximum atomic E-state index is 13.3. The van der Waals surface area contributed by atoms with Gasteiger partial charge in [-0.2, -0.15) is 0 Å². The van der Waals surface area contributed by atoms with Crippen LogP contribution in [0.5, 0.6) is 11.5 Å². The summed E-state index contributed by atoms with van der Waals surface area (Å²) < 4.78 is 21.8. The Kier molecular flexibility index (Phi) is 12.0. The first-order valence-corrected chi connectivity index (χ1v) is 16.8. The van der Waals surface area contributed by atoms with E-state index in [0.717, 1.165) is 64.2 Å². The lowest BCUT2D eigenvalue weighted by molar-refractivity contribution is -0.156. The van der Waals surface area contributed by atoms with E-state index >= 15 is 0 Å². The highest BCUT2D eigenvalue weighted by Crippen LogP contribution is 2.40. The second-order valence-electron chi connectivity index (χ2n) is 13.0. The molecule has 2 aliphatic rings. The first-order valence-electron chi connectivity index (χ1n) is 16.8. The van der Waals surface area contributed by atoms with Gasteiger partial charge in [0, 0.05) is 0 Å². The smallest absolute Gasteiger partial charge is 0.423 e. The number of aryl methyl sites for hydroxylation is 1. The highest BCUT2D eigenvalue weighted by Gasteiger charge is 2.34. The number of hydrogen-bond acceptors (Lipinski definition) is 13. The topological polar surface area (TPSA) is 235 Å².